The fourth-order valence-electron chi connectivity index (χ4n) is 6.15. The van der Waals surface area contributed by atoms with Gasteiger partial charge in [-0.3, -0.25) is 4.79 Å². The summed E-state index contributed by atoms with van der Waals surface area (Å²) in [5.41, 5.74) is 0.448. The molecule has 5 aliphatic rings. The van der Waals surface area contributed by atoms with Crippen LogP contribution in [0.25, 0.3) is 0 Å². The Kier molecular flexibility index (Phi) is 2.98. The van der Waals surface area contributed by atoms with Gasteiger partial charge in [-0.1, -0.05) is 0 Å². The van der Waals surface area contributed by atoms with Crippen LogP contribution in [0, 0.1) is 29.1 Å². The normalized spacial score (nSPS) is 48.4. The Balaban J connectivity index is 1.45. The number of rotatable bonds is 3. The summed E-state index contributed by atoms with van der Waals surface area (Å²) in [6.45, 7) is 2.06. The van der Waals surface area contributed by atoms with E-state index in [1.165, 1.54) is 44.9 Å². The van der Waals surface area contributed by atoms with Crippen LogP contribution >= 0.6 is 0 Å². The van der Waals surface area contributed by atoms with E-state index in [1.807, 2.05) is 0 Å². The molecule has 0 spiro atoms. The van der Waals surface area contributed by atoms with Crippen LogP contribution < -0.4 is 5.32 Å². The molecule has 4 bridgehead atoms. The quantitative estimate of drug-likeness (QED) is 0.845. The number of hydrogen-bond acceptors (Lipinski definition) is 2. The van der Waals surface area contributed by atoms with E-state index < -0.39 is 0 Å². The topological polar surface area (TPSA) is 29.1 Å². The fourth-order valence-corrected chi connectivity index (χ4v) is 6.15. The molecule has 1 unspecified atom stereocenters. The molecule has 0 aromatic heterocycles. The van der Waals surface area contributed by atoms with Crippen LogP contribution in [0.5, 0.6) is 0 Å². The molecule has 2 heteroatoms. The highest BCUT2D eigenvalue weighted by Crippen LogP contribution is 2.61. The van der Waals surface area contributed by atoms with Gasteiger partial charge in [-0.05, 0) is 81.1 Å². The molecule has 1 saturated heterocycles. The molecule has 5 rings (SSSR count). The molecule has 1 atom stereocenters. The van der Waals surface area contributed by atoms with Gasteiger partial charge in [0.05, 0.1) is 0 Å². The van der Waals surface area contributed by atoms with Crippen molar-refractivity contribution in [3.05, 3.63) is 0 Å². The molecule has 0 amide bonds. The number of hydrogen-bond donors (Lipinski definition) is 1. The maximum Gasteiger partial charge on any atom is 0.137 e. The lowest BCUT2D eigenvalue weighted by molar-refractivity contribution is -0.131. The van der Waals surface area contributed by atoms with E-state index in [4.69, 9.17) is 0 Å². The summed E-state index contributed by atoms with van der Waals surface area (Å²) in [6, 6.07) is 0. The fraction of sp³-hybridized carbons (Fsp3) is 0.941. The monoisotopic (exact) mass is 261 g/mol. The second-order valence-corrected chi connectivity index (χ2v) is 8.10. The lowest BCUT2D eigenvalue weighted by Crippen LogP contribution is -2.48. The number of nitrogens with one attached hydrogen (secondary N) is 1. The highest BCUT2D eigenvalue weighted by atomic mass is 16.1. The average molecular weight is 261 g/mol. The largest absolute Gasteiger partial charge is 0.316 e. The molecule has 0 aromatic rings. The van der Waals surface area contributed by atoms with Crippen LogP contribution in [0.2, 0.25) is 0 Å². The van der Waals surface area contributed by atoms with Crippen LogP contribution in [0.1, 0.15) is 57.8 Å². The summed E-state index contributed by atoms with van der Waals surface area (Å²) in [5, 5.41) is 3.40. The molecule has 4 aliphatic carbocycles. The van der Waals surface area contributed by atoms with Crippen molar-refractivity contribution >= 4 is 5.78 Å². The highest BCUT2D eigenvalue weighted by molar-refractivity contribution is 5.82. The number of carbonyl (C=O) groups excluding carboxylic acids is 1. The zero-order valence-electron chi connectivity index (χ0n) is 12.0. The van der Waals surface area contributed by atoms with E-state index in [1.54, 1.807) is 0 Å². The molecule has 2 nitrogen and oxygen atoms in total. The summed E-state index contributed by atoms with van der Waals surface area (Å²) in [4.78, 5) is 12.6. The lowest BCUT2D eigenvalue weighted by atomic mass is 9.48. The van der Waals surface area contributed by atoms with Crippen molar-refractivity contribution in [3.63, 3.8) is 0 Å². The predicted octanol–water partition coefficient (Wildman–Crippen LogP) is 3.16. The summed E-state index contributed by atoms with van der Waals surface area (Å²) in [5.74, 6) is 3.85. The standard InChI is InChI=1S/C17H27NO/c19-16(15-2-1-3-18-11-15)10-17-7-12-4-13(8-17)6-14(5-12)9-17/h12-15,18H,1-11H2. The molecule has 1 aliphatic heterocycles. The van der Waals surface area contributed by atoms with E-state index in [0.29, 0.717) is 17.1 Å². The molecule has 0 radical (unpaired) electrons. The average Bonchev–Trinajstić information content (AvgIpc) is 2.37. The van der Waals surface area contributed by atoms with Gasteiger partial charge in [-0.15, -0.1) is 0 Å². The molecule has 1 heterocycles. The first-order chi connectivity index (χ1) is 9.22. The molecule has 4 saturated carbocycles. The van der Waals surface area contributed by atoms with Gasteiger partial charge >= 0.3 is 0 Å². The molecule has 19 heavy (non-hydrogen) atoms. The zero-order valence-corrected chi connectivity index (χ0v) is 12.0. The summed E-state index contributed by atoms with van der Waals surface area (Å²) in [6.07, 6.45) is 11.8. The van der Waals surface area contributed by atoms with Crippen molar-refractivity contribution in [2.75, 3.05) is 13.1 Å². The predicted molar refractivity (Wildman–Crippen MR) is 75.8 cm³/mol. The third kappa shape index (κ3) is 2.26. The minimum Gasteiger partial charge on any atom is -0.316 e. The number of piperidine rings is 1. The Hall–Kier alpha value is -0.370. The van der Waals surface area contributed by atoms with Gasteiger partial charge in [0.15, 0.2) is 0 Å². The van der Waals surface area contributed by atoms with Crippen LogP contribution in [0.3, 0.4) is 0 Å². The molecule has 1 N–H and O–H groups in total. The van der Waals surface area contributed by atoms with Crippen molar-refractivity contribution in [3.8, 4) is 0 Å². The summed E-state index contributed by atoms with van der Waals surface area (Å²) < 4.78 is 0. The van der Waals surface area contributed by atoms with Gasteiger partial charge in [0, 0.05) is 18.9 Å². The summed E-state index contributed by atoms with van der Waals surface area (Å²) in [7, 11) is 0. The van der Waals surface area contributed by atoms with Crippen LogP contribution in [0.4, 0.5) is 0 Å². The van der Waals surface area contributed by atoms with Gasteiger partial charge < -0.3 is 5.32 Å². The van der Waals surface area contributed by atoms with Gasteiger partial charge in [-0.2, -0.15) is 0 Å². The van der Waals surface area contributed by atoms with Crippen molar-refractivity contribution < 1.29 is 4.79 Å². The molecular weight excluding hydrogens is 234 g/mol. The van der Waals surface area contributed by atoms with Crippen molar-refractivity contribution in [1.82, 2.24) is 5.32 Å². The van der Waals surface area contributed by atoms with E-state index in [2.05, 4.69) is 5.32 Å². The minimum atomic E-state index is 0.335. The Bertz CT molecular complexity index is 334. The van der Waals surface area contributed by atoms with Crippen molar-refractivity contribution in [2.45, 2.75) is 57.8 Å². The molecule has 5 fully saturated rings. The van der Waals surface area contributed by atoms with E-state index in [0.717, 1.165) is 43.7 Å². The maximum atomic E-state index is 12.6. The summed E-state index contributed by atoms with van der Waals surface area (Å²) >= 11 is 0. The minimum absolute atomic E-state index is 0.335. The maximum absolute atomic E-state index is 12.6. The first-order valence-corrected chi connectivity index (χ1v) is 8.46. The Morgan fingerprint density at radius 3 is 2.21 bits per heavy atom. The first-order valence-electron chi connectivity index (χ1n) is 8.46. The van der Waals surface area contributed by atoms with Crippen molar-refractivity contribution in [1.29, 1.82) is 0 Å². The third-order valence-electron chi connectivity index (χ3n) is 6.47. The van der Waals surface area contributed by atoms with Crippen molar-refractivity contribution in [2.24, 2.45) is 29.1 Å². The van der Waals surface area contributed by atoms with Gasteiger partial charge in [0.1, 0.15) is 5.78 Å². The second kappa shape index (κ2) is 4.58. The second-order valence-electron chi connectivity index (χ2n) is 8.10. The molecular formula is C17H27NO. The lowest BCUT2D eigenvalue weighted by Gasteiger charge is -2.57. The number of ketones is 1. The van der Waals surface area contributed by atoms with E-state index in [-0.39, 0.29) is 0 Å². The Morgan fingerprint density at radius 1 is 1.05 bits per heavy atom. The number of carbonyl (C=O) groups is 1. The van der Waals surface area contributed by atoms with E-state index >= 15 is 0 Å². The van der Waals surface area contributed by atoms with Crippen LogP contribution in [-0.4, -0.2) is 18.9 Å². The SMILES string of the molecule is O=C(CC12CC3CC(CC(C3)C1)C2)C1CCCNC1. The first kappa shape index (κ1) is 12.4. The van der Waals surface area contributed by atoms with Gasteiger partial charge in [0.2, 0.25) is 0 Å². The smallest absolute Gasteiger partial charge is 0.137 e. The number of Topliss-reactive ketones (excluding diaryl/α,β-unsaturated/α-hetero) is 1. The zero-order chi connectivity index (χ0) is 12.9. The third-order valence-corrected chi connectivity index (χ3v) is 6.47. The van der Waals surface area contributed by atoms with Crippen LogP contribution in [-0.2, 0) is 4.79 Å². The van der Waals surface area contributed by atoms with E-state index in [9.17, 15) is 4.79 Å². The Labute approximate surface area is 116 Å². The highest BCUT2D eigenvalue weighted by Gasteiger charge is 2.51. The van der Waals surface area contributed by atoms with Gasteiger partial charge in [-0.25, -0.2) is 0 Å². The van der Waals surface area contributed by atoms with Gasteiger partial charge in [0.25, 0.3) is 0 Å². The van der Waals surface area contributed by atoms with Crippen LogP contribution in [0.15, 0.2) is 0 Å². The Morgan fingerprint density at radius 2 is 1.68 bits per heavy atom. The molecule has 0 aromatic carbocycles. The molecule has 106 valence electrons.